The molecule has 0 aromatic heterocycles. The van der Waals surface area contributed by atoms with Gasteiger partial charge in [0.2, 0.25) is 0 Å². The van der Waals surface area contributed by atoms with Crippen LogP contribution in [0.1, 0.15) is 11.1 Å². The van der Waals surface area contributed by atoms with E-state index in [1.54, 1.807) is 36.4 Å². The number of hydrogen-bond donors (Lipinski definition) is 2. The number of carbonyl (C=O) groups is 1. The van der Waals surface area contributed by atoms with E-state index >= 15 is 0 Å². The number of benzene rings is 3. The summed E-state index contributed by atoms with van der Waals surface area (Å²) in [6.45, 7) is 0. The van der Waals surface area contributed by atoms with Crippen LogP contribution in [-0.4, -0.2) is 11.1 Å². The minimum atomic E-state index is -0.684. The summed E-state index contributed by atoms with van der Waals surface area (Å²) in [4.78, 5) is 13.4. The molecule has 130 valence electrons. The van der Waals surface area contributed by atoms with Crippen LogP contribution >= 0.6 is 15.9 Å². The van der Waals surface area contributed by atoms with Crippen molar-refractivity contribution in [3.8, 4) is 5.75 Å². The highest BCUT2D eigenvalue weighted by molar-refractivity contribution is 9.10. The van der Waals surface area contributed by atoms with E-state index in [1.165, 1.54) is 4.90 Å². The molecule has 0 heterocycles. The lowest BCUT2D eigenvalue weighted by Crippen LogP contribution is -2.31. The largest absolute Gasteiger partial charge is 0.505 e. The third-order valence-electron chi connectivity index (χ3n) is 3.86. The lowest BCUT2D eigenvalue weighted by atomic mass is 10.1. The van der Waals surface area contributed by atoms with Crippen LogP contribution in [0.5, 0.6) is 5.75 Å². The smallest absolute Gasteiger partial charge is 0.324 e. The number of para-hydroxylation sites is 2. The number of rotatable bonds is 4. The number of hydrogen-bond acceptors (Lipinski definition) is 2. The number of nitrogens with zero attached hydrogens (tertiary/aromatic N) is 1. The van der Waals surface area contributed by atoms with E-state index in [2.05, 4.69) is 15.9 Å². The number of anilines is 2. The number of phenols is 1. The van der Waals surface area contributed by atoms with Crippen LogP contribution in [0.15, 0.2) is 77.3 Å². The number of carbonyl (C=O) groups excluding carboxylic acids is 1. The lowest BCUT2D eigenvalue weighted by molar-refractivity contribution is 0.256. The Morgan fingerprint density at radius 2 is 1.54 bits per heavy atom. The minimum Gasteiger partial charge on any atom is -0.505 e. The van der Waals surface area contributed by atoms with Crippen LogP contribution in [0.4, 0.5) is 16.2 Å². The molecule has 5 heteroatoms. The number of halogens is 1. The molecule has 0 bridgehead atoms. The average Bonchev–Trinajstić information content (AvgIpc) is 2.64. The Labute approximate surface area is 160 Å². The van der Waals surface area contributed by atoms with Crippen LogP contribution < -0.4 is 10.6 Å². The van der Waals surface area contributed by atoms with Crippen molar-refractivity contribution in [2.45, 2.75) is 0 Å². The molecule has 0 saturated heterocycles. The van der Waals surface area contributed by atoms with Crippen LogP contribution in [0.3, 0.4) is 0 Å². The summed E-state index contributed by atoms with van der Waals surface area (Å²) >= 11 is 3.42. The fourth-order valence-corrected chi connectivity index (χ4v) is 3.08. The molecule has 3 aromatic carbocycles. The van der Waals surface area contributed by atoms with E-state index in [9.17, 15) is 9.90 Å². The summed E-state index contributed by atoms with van der Waals surface area (Å²) < 4.78 is 0.698. The maximum absolute atomic E-state index is 12.1. The molecule has 0 aliphatic carbocycles. The van der Waals surface area contributed by atoms with E-state index in [0.29, 0.717) is 21.4 Å². The number of primary amides is 1. The second-order valence-corrected chi connectivity index (χ2v) is 6.44. The van der Waals surface area contributed by atoms with Crippen LogP contribution in [0.25, 0.3) is 12.2 Å². The maximum Gasteiger partial charge on any atom is 0.324 e. The quantitative estimate of drug-likeness (QED) is 0.556. The number of amides is 2. The van der Waals surface area contributed by atoms with Crippen molar-refractivity contribution in [3.05, 3.63) is 88.4 Å². The summed E-state index contributed by atoms with van der Waals surface area (Å²) in [7, 11) is 0. The van der Waals surface area contributed by atoms with Gasteiger partial charge in [0.05, 0.1) is 11.4 Å². The molecule has 0 aliphatic rings. The van der Waals surface area contributed by atoms with Gasteiger partial charge in [-0.25, -0.2) is 4.79 Å². The first-order chi connectivity index (χ1) is 12.6. The fourth-order valence-electron chi connectivity index (χ4n) is 2.61. The van der Waals surface area contributed by atoms with Gasteiger partial charge in [-0.3, -0.25) is 4.90 Å². The summed E-state index contributed by atoms with van der Waals surface area (Å²) in [5, 5.41) is 10.7. The minimum absolute atomic E-state index is 0.0192. The number of aromatic hydroxyl groups is 1. The summed E-state index contributed by atoms with van der Waals surface area (Å²) in [6.07, 6.45) is 3.69. The first kappa shape index (κ1) is 17.8. The van der Waals surface area contributed by atoms with Gasteiger partial charge in [-0.2, -0.15) is 0 Å². The molecule has 0 spiro atoms. The molecule has 0 fully saturated rings. The molecular formula is C21H17BrN2O2. The van der Waals surface area contributed by atoms with Gasteiger partial charge in [-0.15, -0.1) is 0 Å². The first-order valence-corrected chi connectivity index (χ1v) is 8.76. The van der Waals surface area contributed by atoms with E-state index in [0.717, 1.165) is 5.56 Å². The Hall–Kier alpha value is -3.05. The first-order valence-electron chi connectivity index (χ1n) is 7.97. The normalized spacial score (nSPS) is 10.8. The topological polar surface area (TPSA) is 66.6 Å². The highest BCUT2D eigenvalue weighted by Gasteiger charge is 2.21. The second kappa shape index (κ2) is 7.89. The summed E-state index contributed by atoms with van der Waals surface area (Å²) in [5.74, 6) is -0.0192. The van der Waals surface area contributed by atoms with Gasteiger partial charge < -0.3 is 10.8 Å². The van der Waals surface area contributed by atoms with Crippen LogP contribution in [0.2, 0.25) is 0 Å². The summed E-state index contributed by atoms with van der Waals surface area (Å²) in [5.41, 5.74) is 8.06. The number of phenolic OH excluding ortho intramolecular Hbond substituents is 1. The van der Waals surface area contributed by atoms with Crippen LogP contribution in [-0.2, 0) is 0 Å². The predicted octanol–water partition coefficient (Wildman–Crippen LogP) is 5.54. The van der Waals surface area contributed by atoms with E-state index in [-0.39, 0.29) is 5.75 Å². The Morgan fingerprint density at radius 3 is 2.23 bits per heavy atom. The second-order valence-electron chi connectivity index (χ2n) is 5.58. The molecule has 3 N–H and O–H groups in total. The van der Waals surface area contributed by atoms with Gasteiger partial charge in [0.25, 0.3) is 0 Å². The average molecular weight is 409 g/mol. The molecule has 0 saturated carbocycles. The van der Waals surface area contributed by atoms with Gasteiger partial charge in [-0.05, 0) is 39.7 Å². The third-order valence-corrected chi connectivity index (χ3v) is 4.53. The third kappa shape index (κ3) is 3.78. The fraction of sp³-hybridized carbons (Fsp3) is 0. The molecule has 3 aromatic rings. The predicted molar refractivity (Wildman–Crippen MR) is 109 cm³/mol. The van der Waals surface area contributed by atoms with Gasteiger partial charge >= 0.3 is 6.03 Å². The molecule has 0 unspecified atom stereocenters. The van der Waals surface area contributed by atoms with Gasteiger partial charge in [-0.1, -0.05) is 66.7 Å². The van der Waals surface area contributed by atoms with Crippen molar-refractivity contribution in [2.75, 3.05) is 4.90 Å². The zero-order valence-corrected chi connectivity index (χ0v) is 15.4. The monoisotopic (exact) mass is 408 g/mol. The number of urea groups is 1. The van der Waals surface area contributed by atoms with Crippen molar-refractivity contribution in [1.29, 1.82) is 0 Å². The van der Waals surface area contributed by atoms with Crippen molar-refractivity contribution in [1.82, 2.24) is 0 Å². The molecule has 0 radical (unpaired) electrons. The SMILES string of the molecule is NC(=O)N(c1ccccc1Br)c1cccc(C=Cc2ccccc2)c1O. The van der Waals surface area contributed by atoms with Gasteiger partial charge in [0, 0.05) is 10.0 Å². The lowest BCUT2D eigenvalue weighted by Gasteiger charge is -2.23. The van der Waals surface area contributed by atoms with E-state index in [4.69, 9.17) is 5.73 Å². The molecule has 2 amide bonds. The molecular weight excluding hydrogens is 392 g/mol. The van der Waals surface area contributed by atoms with Crippen molar-refractivity contribution in [3.63, 3.8) is 0 Å². The molecule has 26 heavy (non-hydrogen) atoms. The maximum atomic E-state index is 12.1. The Kier molecular flexibility index (Phi) is 5.39. The Bertz CT molecular complexity index is 955. The highest BCUT2D eigenvalue weighted by atomic mass is 79.9. The highest BCUT2D eigenvalue weighted by Crippen LogP contribution is 2.38. The molecule has 0 aliphatic heterocycles. The van der Waals surface area contributed by atoms with Crippen molar-refractivity contribution >= 4 is 45.5 Å². The van der Waals surface area contributed by atoms with Crippen molar-refractivity contribution in [2.24, 2.45) is 5.73 Å². The van der Waals surface area contributed by atoms with Crippen LogP contribution in [0, 0.1) is 0 Å². The van der Waals surface area contributed by atoms with Gasteiger partial charge in [0.15, 0.2) is 0 Å². The standard InChI is InChI=1S/C21H17BrN2O2/c22-17-10-4-5-11-18(17)24(21(23)26)19-12-6-9-16(20(19)25)14-13-15-7-2-1-3-8-15/h1-14,25H,(H2,23,26). The summed E-state index contributed by atoms with van der Waals surface area (Å²) in [6, 6.07) is 21.5. The zero-order valence-electron chi connectivity index (χ0n) is 13.8. The van der Waals surface area contributed by atoms with Crippen molar-refractivity contribution < 1.29 is 9.90 Å². The molecule has 3 rings (SSSR count). The Balaban J connectivity index is 2.03. The van der Waals surface area contributed by atoms with E-state index < -0.39 is 6.03 Å². The van der Waals surface area contributed by atoms with E-state index in [1.807, 2.05) is 48.5 Å². The van der Waals surface area contributed by atoms with Gasteiger partial charge in [0.1, 0.15) is 5.75 Å². The molecule has 0 atom stereocenters. The number of nitrogens with two attached hydrogens (primary N) is 1. The molecule has 4 nitrogen and oxygen atoms in total. The zero-order chi connectivity index (χ0) is 18.5. The Morgan fingerprint density at radius 1 is 0.885 bits per heavy atom.